The maximum Gasteiger partial charge on any atom is 0.224 e. The lowest BCUT2D eigenvalue weighted by Crippen LogP contribution is -2.43. The molecular formula is C21H25F2N3O3S. The van der Waals surface area contributed by atoms with Crippen LogP contribution in [0.1, 0.15) is 26.2 Å². The van der Waals surface area contributed by atoms with Gasteiger partial charge in [-0.2, -0.15) is 0 Å². The summed E-state index contributed by atoms with van der Waals surface area (Å²) in [4.78, 5) is 13.7. The fourth-order valence-electron chi connectivity index (χ4n) is 3.33. The molecule has 6 nitrogen and oxygen atoms in total. The van der Waals surface area contributed by atoms with E-state index in [9.17, 15) is 22.0 Å². The Morgan fingerprint density at radius 2 is 1.77 bits per heavy atom. The lowest BCUT2D eigenvalue weighted by Gasteiger charge is -2.30. The third kappa shape index (κ3) is 5.14. The fourth-order valence-corrected chi connectivity index (χ4v) is 4.77. The largest absolute Gasteiger partial charge is 0.369 e. The van der Waals surface area contributed by atoms with Gasteiger partial charge < -0.3 is 15.5 Å². The summed E-state index contributed by atoms with van der Waals surface area (Å²) in [6.07, 6.45) is 1.74. The molecule has 0 radical (unpaired) electrons. The zero-order chi connectivity index (χ0) is 21.7. The number of nitrogens with zero attached hydrogens (tertiary/aromatic N) is 1. The summed E-state index contributed by atoms with van der Waals surface area (Å²) in [6.45, 7) is 5.02. The van der Waals surface area contributed by atoms with Crippen LogP contribution in [0.2, 0.25) is 0 Å². The Morgan fingerprint density at radius 1 is 1.10 bits per heavy atom. The van der Waals surface area contributed by atoms with Gasteiger partial charge in [0, 0.05) is 44.4 Å². The van der Waals surface area contributed by atoms with Crippen LogP contribution in [-0.4, -0.2) is 40.5 Å². The summed E-state index contributed by atoms with van der Waals surface area (Å²) in [6, 6.07) is 6.79. The van der Waals surface area contributed by atoms with E-state index in [-0.39, 0.29) is 22.9 Å². The molecule has 3 rings (SSSR count). The van der Waals surface area contributed by atoms with Gasteiger partial charge in [-0.25, -0.2) is 17.2 Å². The number of carbonyl (C=O) groups is 1. The van der Waals surface area contributed by atoms with Crippen molar-refractivity contribution in [2.24, 2.45) is 0 Å². The van der Waals surface area contributed by atoms with Gasteiger partial charge in [0.15, 0.2) is 0 Å². The summed E-state index contributed by atoms with van der Waals surface area (Å²) < 4.78 is 53.6. The van der Waals surface area contributed by atoms with Crippen molar-refractivity contribution in [3.8, 4) is 0 Å². The number of halogens is 2. The number of hydrogen-bond acceptors (Lipinski definition) is 5. The summed E-state index contributed by atoms with van der Waals surface area (Å²) >= 11 is 0. The maximum absolute atomic E-state index is 13.6. The zero-order valence-electron chi connectivity index (χ0n) is 16.7. The number of rotatable bonds is 7. The topological polar surface area (TPSA) is 78.5 Å². The highest BCUT2D eigenvalue weighted by Gasteiger charge is 2.25. The average Bonchev–Trinajstić information content (AvgIpc) is 2.72. The zero-order valence-corrected chi connectivity index (χ0v) is 17.6. The Balaban J connectivity index is 2.03. The molecule has 1 fully saturated rings. The minimum atomic E-state index is -4.25. The molecule has 9 heteroatoms. The van der Waals surface area contributed by atoms with E-state index >= 15 is 0 Å². The third-order valence-electron chi connectivity index (χ3n) is 4.91. The van der Waals surface area contributed by atoms with Gasteiger partial charge in [0.05, 0.1) is 15.5 Å². The highest BCUT2D eigenvalue weighted by atomic mass is 32.2. The second-order valence-electron chi connectivity index (χ2n) is 7.18. The molecule has 0 aromatic heterocycles. The molecule has 2 N–H and O–H groups in total. The molecule has 0 bridgehead atoms. The average molecular weight is 438 g/mol. The number of amides is 1. The number of nitrogens with one attached hydrogen (secondary N) is 2. The van der Waals surface area contributed by atoms with Crippen molar-refractivity contribution in [3.63, 3.8) is 0 Å². The molecule has 0 atom stereocenters. The van der Waals surface area contributed by atoms with Gasteiger partial charge in [0.2, 0.25) is 15.7 Å². The molecule has 1 aliphatic heterocycles. The standard InChI is InChI=1S/C21H25F2N3O3S/c1-2-3-4-21(27)25-19-14-17(26-9-7-24-8-10-26)5-6-20(19)30(28,29)18-12-15(22)11-16(23)13-18/h5-6,11-14,24H,2-4,7-10H2,1H3,(H,25,27). The van der Waals surface area contributed by atoms with Crippen molar-refractivity contribution >= 4 is 27.1 Å². The van der Waals surface area contributed by atoms with E-state index in [4.69, 9.17) is 0 Å². The second-order valence-corrected chi connectivity index (χ2v) is 9.10. The molecule has 0 aliphatic carbocycles. The molecule has 2 aromatic carbocycles. The molecular weight excluding hydrogens is 412 g/mol. The molecule has 1 saturated heterocycles. The van der Waals surface area contributed by atoms with Crippen molar-refractivity contribution in [1.82, 2.24) is 5.32 Å². The van der Waals surface area contributed by atoms with Crippen LogP contribution in [0.4, 0.5) is 20.2 Å². The third-order valence-corrected chi connectivity index (χ3v) is 6.70. The van der Waals surface area contributed by atoms with E-state index in [1.807, 2.05) is 6.92 Å². The summed E-state index contributed by atoms with van der Waals surface area (Å²) in [5.41, 5.74) is 0.878. The van der Waals surface area contributed by atoms with Crippen LogP contribution in [-0.2, 0) is 14.6 Å². The molecule has 2 aromatic rings. The predicted octanol–water partition coefficient (Wildman–Crippen LogP) is 3.34. The van der Waals surface area contributed by atoms with Gasteiger partial charge >= 0.3 is 0 Å². The normalized spacial score (nSPS) is 14.6. The number of hydrogen-bond donors (Lipinski definition) is 2. The monoisotopic (exact) mass is 437 g/mol. The predicted molar refractivity (Wildman–Crippen MR) is 111 cm³/mol. The molecule has 30 heavy (non-hydrogen) atoms. The Hall–Kier alpha value is -2.52. The van der Waals surface area contributed by atoms with Crippen LogP contribution < -0.4 is 15.5 Å². The van der Waals surface area contributed by atoms with E-state index in [2.05, 4.69) is 15.5 Å². The molecule has 0 spiro atoms. The van der Waals surface area contributed by atoms with Crippen molar-refractivity contribution in [2.75, 3.05) is 36.4 Å². The van der Waals surface area contributed by atoms with Crippen molar-refractivity contribution in [2.45, 2.75) is 36.0 Å². The Morgan fingerprint density at radius 3 is 2.40 bits per heavy atom. The Labute approximate surface area is 175 Å². The highest BCUT2D eigenvalue weighted by molar-refractivity contribution is 7.91. The van der Waals surface area contributed by atoms with Crippen LogP contribution in [0.25, 0.3) is 0 Å². The molecule has 162 valence electrons. The fraction of sp³-hybridized carbons (Fsp3) is 0.381. The van der Waals surface area contributed by atoms with E-state index < -0.39 is 26.4 Å². The molecule has 0 unspecified atom stereocenters. The first-order valence-corrected chi connectivity index (χ1v) is 11.4. The summed E-state index contributed by atoms with van der Waals surface area (Å²) in [5, 5.41) is 5.93. The number of sulfone groups is 1. The van der Waals surface area contributed by atoms with E-state index in [0.29, 0.717) is 12.5 Å². The van der Waals surface area contributed by atoms with E-state index in [0.717, 1.165) is 50.4 Å². The number of anilines is 2. The molecule has 1 aliphatic rings. The van der Waals surface area contributed by atoms with Crippen LogP contribution >= 0.6 is 0 Å². The SMILES string of the molecule is CCCCC(=O)Nc1cc(N2CCNCC2)ccc1S(=O)(=O)c1cc(F)cc(F)c1. The van der Waals surface area contributed by atoms with Crippen LogP contribution in [0, 0.1) is 11.6 Å². The first-order chi connectivity index (χ1) is 14.3. The number of unbranched alkanes of at least 4 members (excludes halogenated alkanes) is 1. The molecule has 1 heterocycles. The molecule has 0 saturated carbocycles. The quantitative estimate of drug-likeness (QED) is 0.695. The van der Waals surface area contributed by atoms with Gasteiger partial charge in [-0.15, -0.1) is 0 Å². The number of benzene rings is 2. The smallest absolute Gasteiger partial charge is 0.224 e. The second kappa shape index (κ2) is 9.53. The molecule has 1 amide bonds. The van der Waals surface area contributed by atoms with E-state index in [1.54, 1.807) is 12.1 Å². The van der Waals surface area contributed by atoms with Gasteiger partial charge in [0.1, 0.15) is 11.6 Å². The van der Waals surface area contributed by atoms with Gasteiger partial charge in [0.25, 0.3) is 0 Å². The minimum Gasteiger partial charge on any atom is -0.369 e. The van der Waals surface area contributed by atoms with Crippen molar-refractivity contribution in [1.29, 1.82) is 0 Å². The lowest BCUT2D eigenvalue weighted by atomic mass is 10.2. The Bertz CT molecular complexity index is 1000. The number of carbonyl (C=O) groups excluding carboxylic acids is 1. The first-order valence-electron chi connectivity index (χ1n) is 9.92. The Kier molecular flexibility index (Phi) is 7.04. The lowest BCUT2D eigenvalue weighted by molar-refractivity contribution is -0.116. The van der Waals surface area contributed by atoms with Crippen LogP contribution in [0.15, 0.2) is 46.2 Å². The van der Waals surface area contributed by atoms with Crippen LogP contribution in [0.3, 0.4) is 0 Å². The minimum absolute atomic E-state index is 0.108. The van der Waals surface area contributed by atoms with Crippen molar-refractivity contribution < 1.29 is 22.0 Å². The van der Waals surface area contributed by atoms with Gasteiger partial charge in [-0.1, -0.05) is 13.3 Å². The van der Waals surface area contributed by atoms with Crippen molar-refractivity contribution in [3.05, 3.63) is 48.0 Å². The maximum atomic E-state index is 13.6. The summed E-state index contributed by atoms with van der Waals surface area (Å²) in [7, 11) is -4.25. The highest BCUT2D eigenvalue weighted by Crippen LogP contribution is 2.32. The summed E-state index contributed by atoms with van der Waals surface area (Å²) in [5.74, 6) is -2.28. The first kappa shape index (κ1) is 22.2. The number of piperazine rings is 1. The van der Waals surface area contributed by atoms with Gasteiger partial charge in [-0.3, -0.25) is 4.79 Å². The van der Waals surface area contributed by atoms with Crippen LogP contribution in [0.5, 0.6) is 0 Å². The van der Waals surface area contributed by atoms with E-state index in [1.165, 1.54) is 6.07 Å². The van der Waals surface area contributed by atoms with Gasteiger partial charge in [-0.05, 0) is 36.8 Å².